The first kappa shape index (κ1) is 13.9. The summed E-state index contributed by atoms with van der Waals surface area (Å²) in [7, 11) is 0. The van der Waals surface area contributed by atoms with Gasteiger partial charge in [-0.05, 0) is 74.0 Å². The van der Waals surface area contributed by atoms with Crippen molar-refractivity contribution in [2.45, 2.75) is 71.6 Å². The molecule has 0 radical (unpaired) electrons. The second kappa shape index (κ2) is 4.61. The van der Waals surface area contributed by atoms with Gasteiger partial charge in [0.25, 0.3) is 0 Å². The quantitative estimate of drug-likeness (QED) is 0.577. The molecule has 0 aliphatic heterocycles. The fraction of sp³-hybridized carbons (Fsp3) is 0.850. The molecule has 0 amide bonds. The summed E-state index contributed by atoms with van der Waals surface area (Å²) < 4.78 is 0. The van der Waals surface area contributed by atoms with Crippen LogP contribution in [0.4, 0.5) is 0 Å². The van der Waals surface area contributed by atoms with Gasteiger partial charge in [0, 0.05) is 11.0 Å². The molecule has 1 heteroatoms. The van der Waals surface area contributed by atoms with Crippen LogP contribution in [0.2, 0.25) is 0 Å². The Labute approximate surface area is 129 Å². The summed E-state index contributed by atoms with van der Waals surface area (Å²) >= 11 is 0. The summed E-state index contributed by atoms with van der Waals surface area (Å²) in [5.74, 6) is 3.61. The number of hydrogen-bond donors (Lipinski definition) is 0. The Balaban J connectivity index is 1.65. The third-order valence-electron chi connectivity index (χ3n) is 8.28. The molecule has 0 aromatic rings. The summed E-state index contributed by atoms with van der Waals surface area (Å²) in [6.07, 6.45) is 14.9. The monoisotopic (exact) mass is 283 g/mol. The molecule has 114 valence electrons. The van der Waals surface area contributed by atoms with Crippen LogP contribution < -0.4 is 0 Å². The van der Waals surface area contributed by atoms with Crippen molar-refractivity contribution in [3.8, 4) is 6.07 Å². The van der Waals surface area contributed by atoms with E-state index >= 15 is 0 Å². The topological polar surface area (TPSA) is 23.8 Å². The van der Waals surface area contributed by atoms with Gasteiger partial charge in [-0.15, -0.1) is 0 Å². The Hall–Kier alpha value is -0.770. The van der Waals surface area contributed by atoms with E-state index in [2.05, 4.69) is 26.0 Å². The molecular weight excluding hydrogens is 254 g/mol. The van der Waals surface area contributed by atoms with Gasteiger partial charge in [0.2, 0.25) is 0 Å². The lowest BCUT2D eigenvalue weighted by atomic mass is 9.45. The van der Waals surface area contributed by atoms with Gasteiger partial charge in [-0.3, -0.25) is 0 Å². The lowest BCUT2D eigenvalue weighted by Gasteiger charge is -2.60. The van der Waals surface area contributed by atoms with Crippen molar-refractivity contribution in [3.63, 3.8) is 0 Å². The first-order valence-electron chi connectivity index (χ1n) is 9.20. The standard InChI is InChI=1S/C20H29N/c1-19-11-4-3-5-14(19)6-8-16-17-9-7-15(13-21)20(17,2)12-10-18(16)19/h7,14,16-18H,3-6,8-12H2,1-2H3/t14-,16+,17+,18+,19+,20-/m1/s1. The molecule has 0 aromatic carbocycles. The number of nitrogens with zero attached hydrogens (tertiary/aromatic N) is 1. The van der Waals surface area contributed by atoms with Crippen LogP contribution in [0.25, 0.3) is 0 Å². The maximum Gasteiger partial charge on any atom is 0.0949 e. The molecule has 21 heavy (non-hydrogen) atoms. The molecule has 6 atom stereocenters. The van der Waals surface area contributed by atoms with E-state index in [-0.39, 0.29) is 5.41 Å². The lowest BCUT2D eigenvalue weighted by Crippen LogP contribution is -2.52. The fourth-order valence-corrected chi connectivity index (χ4v) is 7.04. The third-order valence-corrected chi connectivity index (χ3v) is 8.28. The Morgan fingerprint density at radius 3 is 2.71 bits per heavy atom. The molecule has 0 N–H and O–H groups in total. The van der Waals surface area contributed by atoms with Crippen LogP contribution >= 0.6 is 0 Å². The van der Waals surface area contributed by atoms with Crippen molar-refractivity contribution >= 4 is 0 Å². The van der Waals surface area contributed by atoms with Crippen LogP contribution in [0.5, 0.6) is 0 Å². The minimum absolute atomic E-state index is 0.216. The Morgan fingerprint density at radius 2 is 1.90 bits per heavy atom. The van der Waals surface area contributed by atoms with E-state index in [1.54, 1.807) is 0 Å². The van der Waals surface area contributed by atoms with Gasteiger partial charge in [-0.2, -0.15) is 5.26 Å². The first-order chi connectivity index (χ1) is 10.1. The van der Waals surface area contributed by atoms with Gasteiger partial charge in [-0.1, -0.05) is 32.8 Å². The van der Waals surface area contributed by atoms with Crippen molar-refractivity contribution in [1.82, 2.24) is 0 Å². The van der Waals surface area contributed by atoms with Crippen molar-refractivity contribution in [2.75, 3.05) is 0 Å². The molecule has 4 rings (SSSR count). The van der Waals surface area contributed by atoms with Gasteiger partial charge in [0.1, 0.15) is 0 Å². The van der Waals surface area contributed by atoms with Crippen LogP contribution in [-0.2, 0) is 0 Å². The van der Waals surface area contributed by atoms with Gasteiger partial charge >= 0.3 is 0 Å². The predicted molar refractivity (Wildman–Crippen MR) is 85.4 cm³/mol. The van der Waals surface area contributed by atoms with E-state index in [0.717, 1.165) is 29.2 Å². The smallest absolute Gasteiger partial charge is 0.0949 e. The first-order valence-corrected chi connectivity index (χ1v) is 9.20. The van der Waals surface area contributed by atoms with E-state index in [9.17, 15) is 5.26 Å². The number of nitriles is 1. The van der Waals surface area contributed by atoms with Gasteiger partial charge in [-0.25, -0.2) is 0 Å². The average molecular weight is 283 g/mol. The Kier molecular flexibility index (Phi) is 3.04. The fourth-order valence-electron chi connectivity index (χ4n) is 7.04. The van der Waals surface area contributed by atoms with Crippen LogP contribution in [0, 0.1) is 45.8 Å². The minimum atomic E-state index is 0.216. The zero-order chi connectivity index (χ0) is 14.7. The third kappa shape index (κ3) is 1.74. The van der Waals surface area contributed by atoms with E-state index < -0.39 is 0 Å². The zero-order valence-electron chi connectivity index (χ0n) is 13.7. The van der Waals surface area contributed by atoms with E-state index in [4.69, 9.17) is 0 Å². The van der Waals surface area contributed by atoms with E-state index in [0.29, 0.717) is 5.41 Å². The molecule has 0 saturated heterocycles. The Morgan fingerprint density at radius 1 is 1.05 bits per heavy atom. The maximum absolute atomic E-state index is 9.49. The molecule has 0 heterocycles. The second-order valence-corrected chi connectivity index (χ2v) is 8.82. The highest BCUT2D eigenvalue weighted by molar-refractivity contribution is 5.35. The summed E-state index contributed by atoms with van der Waals surface area (Å²) in [6, 6.07) is 2.53. The molecule has 4 aliphatic rings. The molecule has 3 fully saturated rings. The summed E-state index contributed by atoms with van der Waals surface area (Å²) in [6.45, 7) is 5.02. The summed E-state index contributed by atoms with van der Waals surface area (Å²) in [4.78, 5) is 0. The number of rotatable bonds is 0. The highest BCUT2D eigenvalue weighted by Crippen LogP contribution is 2.66. The molecule has 3 saturated carbocycles. The number of hydrogen-bond acceptors (Lipinski definition) is 1. The summed E-state index contributed by atoms with van der Waals surface area (Å²) in [5, 5.41) is 9.49. The highest BCUT2D eigenvalue weighted by Gasteiger charge is 2.57. The second-order valence-electron chi connectivity index (χ2n) is 8.82. The number of allylic oxidation sites excluding steroid dienone is 2. The zero-order valence-corrected chi connectivity index (χ0v) is 13.7. The van der Waals surface area contributed by atoms with Crippen LogP contribution in [0.3, 0.4) is 0 Å². The van der Waals surface area contributed by atoms with Gasteiger partial charge < -0.3 is 0 Å². The van der Waals surface area contributed by atoms with Crippen LogP contribution in [0.15, 0.2) is 11.6 Å². The lowest BCUT2D eigenvalue weighted by molar-refractivity contribution is -0.0981. The maximum atomic E-state index is 9.49. The average Bonchev–Trinajstić information content (AvgIpc) is 2.83. The molecule has 0 aromatic heterocycles. The van der Waals surface area contributed by atoms with E-state index in [1.165, 1.54) is 57.8 Å². The van der Waals surface area contributed by atoms with Crippen LogP contribution in [-0.4, -0.2) is 0 Å². The molecule has 0 unspecified atom stereocenters. The van der Waals surface area contributed by atoms with Crippen LogP contribution in [0.1, 0.15) is 71.6 Å². The minimum Gasteiger partial charge on any atom is -0.193 e. The molecule has 1 nitrogen and oxygen atoms in total. The summed E-state index contributed by atoms with van der Waals surface area (Å²) in [5.41, 5.74) is 1.95. The number of fused-ring (bicyclic) bond motifs is 5. The predicted octanol–water partition coefficient (Wildman–Crippen LogP) is 5.48. The molecule has 0 bridgehead atoms. The van der Waals surface area contributed by atoms with Crippen molar-refractivity contribution in [2.24, 2.45) is 34.5 Å². The highest BCUT2D eigenvalue weighted by atomic mass is 14.6. The van der Waals surface area contributed by atoms with Gasteiger partial charge in [0.15, 0.2) is 0 Å². The normalized spacial score (nSPS) is 52.1. The molecule has 0 spiro atoms. The SMILES string of the molecule is C[C@]12CCCC[C@@H]1CC[C@@H]1[C@@H]2CC[C@]2(C)C(C#N)=CC[C@@H]12. The van der Waals surface area contributed by atoms with Crippen molar-refractivity contribution in [3.05, 3.63) is 11.6 Å². The molecular formula is C20H29N. The molecule has 4 aliphatic carbocycles. The van der Waals surface area contributed by atoms with E-state index in [1.807, 2.05) is 0 Å². The van der Waals surface area contributed by atoms with Crippen molar-refractivity contribution < 1.29 is 0 Å². The van der Waals surface area contributed by atoms with Gasteiger partial charge in [0.05, 0.1) is 6.07 Å². The largest absolute Gasteiger partial charge is 0.193 e. The van der Waals surface area contributed by atoms with Crippen molar-refractivity contribution in [1.29, 1.82) is 5.26 Å². The Bertz CT molecular complexity index is 512.